The highest BCUT2D eigenvalue weighted by Gasteiger charge is 2.15. The summed E-state index contributed by atoms with van der Waals surface area (Å²) < 4.78 is 0. The third kappa shape index (κ3) is 4.50. The van der Waals surface area contributed by atoms with Crippen molar-refractivity contribution in [2.75, 3.05) is 10.6 Å². The minimum atomic E-state index is -0.117. The van der Waals surface area contributed by atoms with Gasteiger partial charge >= 0.3 is 0 Å². The van der Waals surface area contributed by atoms with Crippen LogP contribution in [0.2, 0.25) is 0 Å². The van der Waals surface area contributed by atoms with Crippen LogP contribution in [0.4, 0.5) is 11.5 Å². The zero-order valence-electron chi connectivity index (χ0n) is 18.8. The Kier molecular flexibility index (Phi) is 5.99. The molecule has 0 fully saturated rings. The van der Waals surface area contributed by atoms with E-state index < -0.39 is 0 Å². The molecule has 1 amide bonds. The van der Waals surface area contributed by atoms with Crippen LogP contribution in [0.15, 0.2) is 103 Å². The average Bonchev–Trinajstić information content (AvgIpc) is 2.88. The Labute approximate surface area is 198 Å². The fourth-order valence-electron chi connectivity index (χ4n) is 4.12. The van der Waals surface area contributed by atoms with Crippen molar-refractivity contribution in [3.05, 3.63) is 109 Å². The lowest BCUT2D eigenvalue weighted by Gasteiger charge is -2.16. The maximum absolute atomic E-state index is 11.8. The van der Waals surface area contributed by atoms with Crippen molar-refractivity contribution in [1.29, 1.82) is 0 Å². The smallest absolute Gasteiger partial charge is 0.221 e. The van der Waals surface area contributed by atoms with E-state index in [1.807, 2.05) is 60.7 Å². The lowest BCUT2D eigenvalue weighted by molar-refractivity contribution is -0.114. The van der Waals surface area contributed by atoms with Crippen LogP contribution in [0.5, 0.6) is 0 Å². The number of benzene rings is 3. The van der Waals surface area contributed by atoms with Gasteiger partial charge in [-0.15, -0.1) is 0 Å². The van der Waals surface area contributed by atoms with E-state index in [4.69, 9.17) is 4.98 Å². The molecule has 0 spiro atoms. The molecule has 2 heterocycles. The van der Waals surface area contributed by atoms with Crippen LogP contribution < -0.4 is 10.6 Å². The molecular weight excluding hydrogens is 420 g/mol. The third-order valence-electron chi connectivity index (χ3n) is 5.62. The van der Waals surface area contributed by atoms with Crippen LogP contribution in [0.1, 0.15) is 12.6 Å². The van der Waals surface area contributed by atoms with E-state index in [1.54, 1.807) is 6.20 Å². The summed E-state index contributed by atoms with van der Waals surface area (Å²) in [6.07, 6.45) is 1.79. The Balaban J connectivity index is 1.69. The number of rotatable bonds is 6. The van der Waals surface area contributed by atoms with Gasteiger partial charge in [0.1, 0.15) is 5.82 Å². The van der Waals surface area contributed by atoms with Gasteiger partial charge in [0.2, 0.25) is 5.91 Å². The molecule has 166 valence electrons. The number of nitrogens with one attached hydrogen (secondary N) is 2. The minimum Gasteiger partial charge on any atom is -0.364 e. The van der Waals surface area contributed by atoms with Crippen LogP contribution in [0.25, 0.3) is 33.2 Å². The summed E-state index contributed by atoms with van der Waals surface area (Å²) in [5.41, 5.74) is 5.55. The Morgan fingerprint density at radius 2 is 1.59 bits per heavy atom. The Morgan fingerprint density at radius 3 is 2.38 bits per heavy atom. The second kappa shape index (κ2) is 9.55. The molecule has 0 saturated carbocycles. The third-order valence-corrected chi connectivity index (χ3v) is 5.62. The summed E-state index contributed by atoms with van der Waals surface area (Å²) in [6.45, 7) is 2.06. The van der Waals surface area contributed by atoms with Gasteiger partial charge in [0, 0.05) is 24.1 Å². The highest BCUT2D eigenvalue weighted by atomic mass is 16.1. The van der Waals surface area contributed by atoms with E-state index in [1.165, 1.54) is 6.92 Å². The highest BCUT2D eigenvalue weighted by molar-refractivity contribution is 6.05. The molecule has 0 bridgehead atoms. The molecule has 2 aromatic heterocycles. The first-order chi connectivity index (χ1) is 16.7. The number of aromatic nitrogens is 2. The van der Waals surface area contributed by atoms with E-state index in [9.17, 15) is 4.79 Å². The maximum Gasteiger partial charge on any atom is 0.221 e. The highest BCUT2D eigenvalue weighted by Crippen LogP contribution is 2.37. The van der Waals surface area contributed by atoms with Crippen LogP contribution in [0, 0.1) is 0 Å². The van der Waals surface area contributed by atoms with Crippen molar-refractivity contribution >= 4 is 28.2 Å². The number of para-hydroxylation sites is 1. The van der Waals surface area contributed by atoms with Gasteiger partial charge < -0.3 is 10.6 Å². The summed E-state index contributed by atoms with van der Waals surface area (Å²) in [6, 6.07) is 32.3. The Hall–Kier alpha value is -4.51. The first-order valence-corrected chi connectivity index (χ1v) is 11.2. The van der Waals surface area contributed by atoms with E-state index in [0.29, 0.717) is 6.54 Å². The zero-order chi connectivity index (χ0) is 23.3. The molecule has 5 nitrogen and oxygen atoms in total. The van der Waals surface area contributed by atoms with E-state index >= 15 is 0 Å². The van der Waals surface area contributed by atoms with Crippen LogP contribution in [-0.2, 0) is 11.3 Å². The zero-order valence-corrected chi connectivity index (χ0v) is 18.8. The predicted molar refractivity (Wildman–Crippen MR) is 138 cm³/mol. The molecule has 34 heavy (non-hydrogen) atoms. The van der Waals surface area contributed by atoms with Crippen LogP contribution in [0.3, 0.4) is 0 Å². The Bertz CT molecular complexity index is 1450. The molecule has 0 unspecified atom stereocenters. The number of hydrogen-bond acceptors (Lipinski definition) is 4. The molecule has 2 N–H and O–H groups in total. The molecule has 5 rings (SSSR count). The molecule has 0 aliphatic heterocycles. The summed E-state index contributed by atoms with van der Waals surface area (Å²) in [5, 5.41) is 8.56. The number of hydrogen-bond donors (Lipinski definition) is 2. The molecule has 0 atom stereocenters. The number of nitrogens with zero attached hydrogens (tertiary/aromatic N) is 2. The quantitative estimate of drug-likeness (QED) is 0.312. The second-order valence-electron chi connectivity index (χ2n) is 8.03. The predicted octanol–water partition coefficient (Wildman–Crippen LogP) is 6.53. The first-order valence-electron chi connectivity index (χ1n) is 11.2. The van der Waals surface area contributed by atoms with E-state index in [-0.39, 0.29) is 5.91 Å². The lowest BCUT2D eigenvalue weighted by Crippen LogP contribution is -2.08. The summed E-state index contributed by atoms with van der Waals surface area (Å²) >= 11 is 0. The van der Waals surface area contributed by atoms with Crippen molar-refractivity contribution in [2.24, 2.45) is 0 Å². The van der Waals surface area contributed by atoms with Crippen molar-refractivity contribution in [1.82, 2.24) is 9.97 Å². The van der Waals surface area contributed by atoms with Gasteiger partial charge in [-0.1, -0.05) is 72.8 Å². The number of carbonyl (C=O) groups excluding carboxylic acids is 1. The maximum atomic E-state index is 11.8. The van der Waals surface area contributed by atoms with Gasteiger partial charge in [0.05, 0.1) is 23.6 Å². The van der Waals surface area contributed by atoms with Gasteiger partial charge in [-0.2, -0.15) is 0 Å². The standard InChI is InChI=1S/C29H24N4O/c1-20(34)32-26-16-6-5-14-25(26)27-18-22-12-9-15-24(21-10-3-2-4-11-21)28(22)29(33-27)31-19-23-13-7-8-17-30-23/h2-18H,19H2,1H3,(H,31,33)(H,32,34). The van der Waals surface area contributed by atoms with Gasteiger partial charge in [-0.3, -0.25) is 9.78 Å². The monoisotopic (exact) mass is 444 g/mol. The van der Waals surface area contributed by atoms with Crippen molar-refractivity contribution in [3.8, 4) is 22.4 Å². The fourth-order valence-corrected chi connectivity index (χ4v) is 4.12. The summed E-state index contributed by atoms with van der Waals surface area (Å²) in [7, 11) is 0. The molecular formula is C29H24N4O. The normalized spacial score (nSPS) is 10.7. The molecule has 0 saturated heterocycles. The summed E-state index contributed by atoms with van der Waals surface area (Å²) in [5.74, 6) is 0.656. The summed E-state index contributed by atoms with van der Waals surface area (Å²) in [4.78, 5) is 21.3. The number of anilines is 2. The lowest BCUT2D eigenvalue weighted by atomic mass is 9.97. The topological polar surface area (TPSA) is 66.9 Å². The van der Waals surface area contributed by atoms with Gasteiger partial charge in [0.15, 0.2) is 0 Å². The van der Waals surface area contributed by atoms with Crippen LogP contribution in [-0.4, -0.2) is 15.9 Å². The average molecular weight is 445 g/mol. The minimum absolute atomic E-state index is 0.117. The Morgan fingerprint density at radius 1 is 0.824 bits per heavy atom. The number of fused-ring (bicyclic) bond motifs is 1. The molecule has 3 aromatic carbocycles. The molecule has 0 radical (unpaired) electrons. The fraction of sp³-hybridized carbons (Fsp3) is 0.0690. The molecule has 5 heteroatoms. The van der Waals surface area contributed by atoms with Crippen molar-refractivity contribution < 1.29 is 4.79 Å². The van der Waals surface area contributed by atoms with Crippen molar-refractivity contribution in [3.63, 3.8) is 0 Å². The van der Waals surface area contributed by atoms with Crippen LogP contribution >= 0.6 is 0 Å². The molecule has 0 aliphatic rings. The van der Waals surface area contributed by atoms with Gasteiger partial charge in [-0.25, -0.2) is 4.98 Å². The number of amides is 1. The molecule has 5 aromatic rings. The second-order valence-corrected chi connectivity index (χ2v) is 8.03. The first kappa shape index (κ1) is 21.3. The number of pyridine rings is 2. The SMILES string of the molecule is CC(=O)Nc1ccccc1-c1cc2cccc(-c3ccccc3)c2c(NCc2ccccn2)n1. The largest absolute Gasteiger partial charge is 0.364 e. The van der Waals surface area contributed by atoms with E-state index in [2.05, 4.69) is 52.0 Å². The molecule has 0 aliphatic carbocycles. The van der Waals surface area contributed by atoms with E-state index in [0.717, 1.165) is 50.4 Å². The number of carbonyl (C=O) groups is 1. The van der Waals surface area contributed by atoms with Gasteiger partial charge in [-0.05, 0) is 40.8 Å². The van der Waals surface area contributed by atoms with Gasteiger partial charge in [0.25, 0.3) is 0 Å². The van der Waals surface area contributed by atoms with Crippen molar-refractivity contribution in [2.45, 2.75) is 13.5 Å².